The smallest absolute Gasteiger partial charge is 0.119 e. The van der Waals surface area contributed by atoms with Gasteiger partial charge < -0.3 is 4.74 Å². The third kappa shape index (κ3) is 2.95. The molecule has 0 aliphatic heterocycles. The minimum atomic E-state index is 0.815. The van der Waals surface area contributed by atoms with Crippen LogP contribution in [0.5, 0.6) is 5.75 Å². The molecular formula is C19H18N2O. The van der Waals surface area contributed by atoms with Crippen molar-refractivity contribution in [1.82, 2.24) is 0 Å². The van der Waals surface area contributed by atoms with E-state index >= 15 is 0 Å². The van der Waals surface area contributed by atoms with E-state index < -0.39 is 0 Å². The Morgan fingerprint density at radius 3 is 2.09 bits per heavy atom. The van der Waals surface area contributed by atoms with E-state index in [1.54, 1.807) is 12.1 Å². The fraction of sp³-hybridized carbons (Fsp3) is 0.0526. The summed E-state index contributed by atoms with van der Waals surface area (Å²) in [6.45, 7) is 0. The summed E-state index contributed by atoms with van der Waals surface area (Å²) in [6.07, 6.45) is 0. The maximum Gasteiger partial charge on any atom is 0.119 e. The molecule has 0 unspecified atom stereocenters. The van der Waals surface area contributed by atoms with Crippen LogP contribution in [-0.4, -0.2) is 7.11 Å². The summed E-state index contributed by atoms with van der Waals surface area (Å²) in [6, 6.07) is 26.1. The van der Waals surface area contributed by atoms with Gasteiger partial charge in [0.25, 0.3) is 0 Å². The molecule has 0 aromatic heterocycles. The fourth-order valence-corrected chi connectivity index (χ4v) is 2.36. The lowest BCUT2D eigenvalue weighted by Crippen LogP contribution is -2.24. The molecule has 0 bridgehead atoms. The van der Waals surface area contributed by atoms with Crippen molar-refractivity contribution in [3.05, 3.63) is 78.9 Å². The van der Waals surface area contributed by atoms with Crippen LogP contribution < -0.4 is 15.6 Å². The van der Waals surface area contributed by atoms with Gasteiger partial charge in [-0.25, -0.2) is 5.84 Å². The van der Waals surface area contributed by atoms with Crippen molar-refractivity contribution in [2.24, 2.45) is 5.84 Å². The molecule has 0 spiro atoms. The Morgan fingerprint density at radius 2 is 1.41 bits per heavy atom. The second-order valence-corrected chi connectivity index (χ2v) is 4.98. The van der Waals surface area contributed by atoms with Gasteiger partial charge in [-0.1, -0.05) is 42.5 Å². The first-order valence-corrected chi connectivity index (χ1v) is 7.12. The summed E-state index contributed by atoms with van der Waals surface area (Å²) in [4.78, 5) is 0. The number of benzene rings is 3. The van der Waals surface area contributed by atoms with Crippen LogP contribution in [-0.2, 0) is 0 Å². The number of rotatable bonds is 4. The van der Waals surface area contributed by atoms with Crippen LogP contribution in [0.15, 0.2) is 78.9 Å². The molecule has 0 atom stereocenters. The average Bonchev–Trinajstić information content (AvgIpc) is 2.62. The highest BCUT2D eigenvalue weighted by molar-refractivity contribution is 5.71. The summed E-state index contributed by atoms with van der Waals surface area (Å²) in [5, 5.41) is 1.67. The molecule has 0 aliphatic carbocycles. The predicted octanol–water partition coefficient (Wildman–Crippen LogP) is 4.37. The van der Waals surface area contributed by atoms with Crippen molar-refractivity contribution in [3.8, 4) is 16.9 Å². The minimum Gasteiger partial charge on any atom is -0.497 e. The SMILES string of the molecule is COc1ccc(N(N)c2cccc(-c3ccccc3)c2)cc1. The maximum atomic E-state index is 6.25. The van der Waals surface area contributed by atoms with Crippen LogP contribution in [0, 0.1) is 0 Å². The quantitative estimate of drug-likeness (QED) is 0.572. The zero-order valence-corrected chi connectivity index (χ0v) is 12.4. The largest absolute Gasteiger partial charge is 0.497 e. The van der Waals surface area contributed by atoms with E-state index in [4.69, 9.17) is 10.6 Å². The second kappa shape index (κ2) is 6.33. The summed E-state index contributed by atoms with van der Waals surface area (Å²) in [7, 11) is 1.65. The molecule has 3 rings (SSSR count). The van der Waals surface area contributed by atoms with Gasteiger partial charge in [-0.05, 0) is 47.5 Å². The number of hydrazine groups is 1. The number of nitrogens with two attached hydrogens (primary N) is 1. The van der Waals surface area contributed by atoms with Crippen molar-refractivity contribution in [2.45, 2.75) is 0 Å². The summed E-state index contributed by atoms with van der Waals surface area (Å²) in [5.41, 5.74) is 4.16. The molecule has 22 heavy (non-hydrogen) atoms. The van der Waals surface area contributed by atoms with Crippen LogP contribution in [0.2, 0.25) is 0 Å². The van der Waals surface area contributed by atoms with Gasteiger partial charge in [-0.3, -0.25) is 5.01 Å². The Hall–Kier alpha value is -2.78. The number of ether oxygens (including phenoxy) is 1. The van der Waals surface area contributed by atoms with Crippen LogP contribution >= 0.6 is 0 Å². The van der Waals surface area contributed by atoms with E-state index in [0.717, 1.165) is 22.7 Å². The van der Waals surface area contributed by atoms with Crippen molar-refractivity contribution >= 4 is 11.4 Å². The van der Waals surface area contributed by atoms with Gasteiger partial charge in [0.15, 0.2) is 0 Å². The van der Waals surface area contributed by atoms with Gasteiger partial charge in [0.1, 0.15) is 5.75 Å². The molecule has 0 aliphatic rings. The number of anilines is 2. The first-order valence-electron chi connectivity index (χ1n) is 7.12. The topological polar surface area (TPSA) is 38.5 Å². The highest BCUT2D eigenvalue weighted by Gasteiger charge is 2.06. The highest BCUT2D eigenvalue weighted by atomic mass is 16.5. The summed E-state index contributed by atoms with van der Waals surface area (Å²) < 4.78 is 5.17. The number of methoxy groups -OCH3 is 1. The third-order valence-electron chi connectivity index (χ3n) is 3.58. The maximum absolute atomic E-state index is 6.25. The lowest BCUT2D eigenvalue weighted by molar-refractivity contribution is 0.415. The molecule has 0 amide bonds. The molecule has 110 valence electrons. The molecule has 0 heterocycles. The van der Waals surface area contributed by atoms with Gasteiger partial charge in [0.05, 0.1) is 18.5 Å². The van der Waals surface area contributed by atoms with Crippen molar-refractivity contribution in [1.29, 1.82) is 0 Å². The first kappa shape index (κ1) is 14.2. The van der Waals surface area contributed by atoms with Gasteiger partial charge >= 0.3 is 0 Å². The molecule has 3 nitrogen and oxygen atoms in total. The lowest BCUT2D eigenvalue weighted by atomic mass is 10.1. The lowest BCUT2D eigenvalue weighted by Gasteiger charge is -2.20. The molecule has 0 radical (unpaired) electrons. The first-order chi connectivity index (χ1) is 10.8. The summed E-state index contributed by atoms with van der Waals surface area (Å²) >= 11 is 0. The van der Waals surface area contributed by atoms with Crippen LogP contribution in [0.25, 0.3) is 11.1 Å². The van der Waals surface area contributed by atoms with E-state index in [1.807, 2.05) is 54.6 Å². The average molecular weight is 290 g/mol. The molecular weight excluding hydrogens is 272 g/mol. The van der Waals surface area contributed by atoms with Gasteiger partial charge in [-0.15, -0.1) is 0 Å². The molecule has 3 heteroatoms. The highest BCUT2D eigenvalue weighted by Crippen LogP contribution is 2.28. The third-order valence-corrected chi connectivity index (χ3v) is 3.58. The van der Waals surface area contributed by atoms with E-state index in [-0.39, 0.29) is 0 Å². The Kier molecular flexibility index (Phi) is 4.08. The second-order valence-electron chi connectivity index (χ2n) is 4.98. The fourth-order valence-electron chi connectivity index (χ4n) is 2.36. The van der Waals surface area contributed by atoms with Crippen LogP contribution in [0.4, 0.5) is 11.4 Å². The minimum absolute atomic E-state index is 0.815. The van der Waals surface area contributed by atoms with E-state index in [1.165, 1.54) is 5.56 Å². The molecule has 2 N–H and O–H groups in total. The van der Waals surface area contributed by atoms with Crippen LogP contribution in [0.1, 0.15) is 0 Å². The van der Waals surface area contributed by atoms with Crippen molar-refractivity contribution in [3.63, 3.8) is 0 Å². The zero-order chi connectivity index (χ0) is 15.4. The molecule has 3 aromatic carbocycles. The Labute approximate surface area is 130 Å². The van der Waals surface area contributed by atoms with E-state index in [0.29, 0.717) is 0 Å². The number of hydrogen-bond donors (Lipinski definition) is 1. The molecule has 0 saturated carbocycles. The van der Waals surface area contributed by atoms with Crippen molar-refractivity contribution < 1.29 is 4.74 Å². The monoisotopic (exact) mass is 290 g/mol. The van der Waals surface area contributed by atoms with E-state index in [2.05, 4.69) is 24.3 Å². The Morgan fingerprint density at radius 1 is 0.727 bits per heavy atom. The number of nitrogens with zero attached hydrogens (tertiary/aromatic N) is 1. The predicted molar refractivity (Wildman–Crippen MR) is 91.2 cm³/mol. The molecule has 0 fully saturated rings. The normalized spacial score (nSPS) is 10.3. The van der Waals surface area contributed by atoms with E-state index in [9.17, 15) is 0 Å². The Balaban J connectivity index is 1.91. The zero-order valence-electron chi connectivity index (χ0n) is 12.4. The van der Waals surface area contributed by atoms with Crippen molar-refractivity contribution in [2.75, 3.05) is 12.1 Å². The number of hydrogen-bond acceptors (Lipinski definition) is 3. The molecule has 0 saturated heterocycles. The summed E-state index contributed by atoms with van der Waals surface area (Å²) in [5.74, 6) is 7.06. The Bertz CT molecular complexity index is 739. The van der Waals surface area contributed by atoms with Gasteiger partial charge in [0, 0.05) is 0 Å². The standard InChI is InChI=1S/C19H18N2O/c1-22-19-12-10-17(11-13-19)21(20)18-9-5-8-16(14-18)15-6-3-2-4-7-15/h2-14H,20H2,1H3. The van der Waals surface area contributed by atoms with Crippen LogP contribution in [0.3, 0.4) is 0 Å². The van der Waals surface area contributed by atoms with Gasteiger partial charge in [-0.2, -0.15) is 0 Å². The van der Waals surface area contributed by atoms with Gasteiger partial charge in [0.2, 0.25) is 0 Å². The molecule has 3 aromatic rings.